The number of carbonyl (C=O) groups excluding carboxylic acids is 2. The fourth-order valence-electron chi connectivity index (χ4n) is 0.848. The molecular weight excluding hydrogens is 206 g/mol. The molecule has 5 nitrogen and oxygen atoms in total. The van der Waals surface area contributed by atoms with Gasteiger partial charge in [0.05, 0.1) is 0 Å². The van der Waals surface area contributed by atoms with Gasteiger partial charge in [0.2, 0.25) is 0 Å². The summed E-state index contributed by atoms with van der Waals surface area (Å²) < 4.78 is 21.9. The summed E-state index contributed by atoms with van der Waals surface area (Å²) in [7, 11) is 0. The van der Waals surface area contributed by atoms with E-state index in [1.165, 1.54) is 24.3 Å². The Bertz CT molecular complexity index is 373. The third-order valence-corrected chi connectivity index (χ3v) is 1.84. The number of nitrogens with one attached hydrogen (secondary N) is 1. The van der Waals surface area contributed by atoms with Gasteiger partial charge in [0.15, 0.2) is 0 Å². The number of hydrogen-bond donors (Lipinski definition) is 1. The van der Waals surface area contributed by atoms with Crippen LogP contribution in [0, 0.1) is 0 Å². The van der Waals surface area contributed by atoms with Gasteiger partial charge in [0.25, 0.3) is 5.91 Å². The zero-order valence-electron chi connectivity index (χ0n) is 6.93. The topological polar surface area (TPSA) is 86.3 Å². The number of benzene rings is 1. The lowest BCUT2D eigenvalue weighted by atomic mass is 10.1. The molecule has 1 unspecified atom stereocenters. The highest BCUT2D eigenvalue weighted by Gasteiger charge is 2.03. The molecule has 74 valence electrons. The van der Waals surface area contributed by atoms with Crippen LogP contribution in [0.3, 0.4) is 0 Å². The van der Waals surface area contributed by atoms with Crippen molar-refractivity contribution < 1.29 is 18.4 Å². The van der Waals surface area contributed by atoms with Gasteiger partial charge < -0.3 is 4.55 Å². The first kappa shape index (κ1) is 10.6. The lowest BCUT2D eigenvalue weighted by molar-refractivity contribution is 0.0979. The van der Waals surface area contributed by atoms with Crippen molar-refractivity contribution in [3.05, 3.63) is 35.4 Å². The number of hydrogen-bond acceptors (Lipinski definition) is 4. The van der Waals surface area contributed by atoms with Gasteiger partial charge in [0.1, 0.15) is 6.29 Å². The van der Waals surface area contributed by atoms with E-state index in [1.807, 2.05) is 0 Å². The second-order valence-corrected chi connectivity index (χ2v) is 3.08. The van der Waals surface area contributed by atoms with Crippen molar-refractivity contribution >= 4 is 23.5 Å². The van der Waals surface area contributed by atoms with Crippen molar-refractivity contribution in [3.63, 3.8) is 0 Å². The van der Waals surface area contributed by atoms with Crippen LogP contribution in [0.5, 0.6) is 0 Å². The van der Waals surface area contributed by atoms with E-state index < -0.39 is 17.2 Å². The maximum atomic E-state index is 11.1. The van der Waals surface area contributed by atoms with Gasteiger partial charge in [-0.05, 0) is 12.1 Å². The molecule has 0 spiro atoms. The maximum Gasteiger partial charge on any atom is 0.262 e. The van der Waals surface area contributed by atoms with Crippen LogP contribution in [0.1, 0.15) is 20.7 Å². The van der Waals surface area contributed by atoms with E-state index in [0.29, 0.717) is 11.8 Å². The van der Waals surface area contributed by atoms with Crippen LogP contribution < -0.4 is 4.72 Å². The SMILES string of the molecule is O=Cc1ccc(C(=O)NS(=O)[O-])cc1. The van der Waals surface area contributed by atoms with Crippen molar-refractivity contribution in [1.82, 2.24) is 4.72 Å². The van der Waals surface area contributed by atoms with Crippen molar-refractivity contribution in [1.29, 1.82) is 0 Å². The first-order valence-corrected chi connectivity index (χ1v) is 4.66. The Morgan fingerprint density at radius 1 is 1.36 bits per heavy atom. The molecule has 0 radical (unpaired) electrons. The summed E-state index contributed by atoms with van der Waals surface area (Å²) in [5, 5.41) is 0. The first-order valence-electron chi connectivity index (χ1n) is 3.59. The van der Waals surface area contributed by atoms with Crippen LogP contribution in [0.2, 0.25) is 0 Å². The molecule has 6 heteroatoms. The average molecular weight is 212 g/mol. The highest BCUT2D eigenvalue weighted by molar-refractivity contribution is 7.77. The molecule has 14 heavy (non-hydrogen) atoms. The van der Waals surface area contributed by atoms with E-state index in [2.05, 4.69) is 0 Å². The molecule has 0 fully saturated rings. The van der Waals surface area contributed by atoms with Crippen molar-refractivity contribution in [2.75, 3.05) is 0 Å². The van der Waals surface area contributed by atoms with E-state index in [4.69, 9.17) is 0 Å². The molecular formula is C8H6NO4S-. The maximum absolute atomic E-state index is 11.1. The largest absolute Gasteiger partial charge is 0.755 e. The second-order valence-electron chi connectivity index (χ2n) is 2.41. The number of aldehydes is 1. The Balaban J connectivity index is 2.81. The summed E-state index contributed by atoms with van der Waals surface area (Å²) in [5.74, 6) is -0.726. The van der Waals surface area contributed by atoms with E-state index in [9.17, 15) is 18.4 Å². The predicted octanol–water partition coefficient (Wildman–Crippen LogP) is 0.0230. The molecule has 1 aromatic carbocycles. The summed E-state index contributed by atoms with van der Waals surface area (Å²) in [4.78, 5) is 21.3. The van der Waals surface area contributed by atoms with Gasteiger partial charge in [-0.1, -0.05) is 12.1 Å². The minimum absolute atomic E-state index is 0.180. The van der Waals surface area contributed by atoms with Gasteiger partial charge in [-0.25, -0.2) is 0 Å². The Labute approximate surface area is 82.5 Å². The fourth-order valence-corrected chi connectivity index (χ4v) is 1.12. The molecule has 0 aromatic heterocycles. The quantitative estimate of drug-likeness (QED) is 0.565. The Morgan fingerprint density at radius 3 is 2.36 bits per heavy atom. The van der Waals surface area contributed by atoms with Crippen molar-refractivity contribution in [3.8, 4) is 0 Å². The van der Waals surface area contributed by atoms with Crippen LogP contribution >= 0.6 is 0 Å². The van der Waals surface area contributed by atoms with Crippen LogP contribution in [-0.4, -0.2) is 21.0 Å². The molecule has 1 aromatic rings. The zero-order valence-corrected chi connectivity index (χ0v) is 7.74. The zero-order chi connectivity index (χ0) is 10.6. The lowest BCUT2D eigenvalue weighted by Crippen LogP contribution is -2.25. The van der Waals surface area contributed by atoms with Crippen LogP contribution in [0.25, 0.3) is 0 Å². The van der Waals surface area contributed by atoms with Gasteiger partial charge in [-0.15, -0.1) is 0 Å². The Kier molecular flexibility index (Phi) is 3.49. The highest BCUT2D eigenvalue weighted by atomic mass is 32.2. The first-order chi connectivity index (χ1) is 6.63. The summed E-state index contributed by atoms with van der Waals surface area (Å²) >= 11 is -2.62. The predicted molar refractivity (Wildman–Crippen MR) is 48.2 cm³/mol. The summed E-state index contributed by atoms with van der Waals surface area (Å²) in [6, 6.07) is 5.59. The minimum Gasteiger partial charge on any atom is -0.755 e. The van der Waals surface area contributed by atoms with E-state index in [-0.39, 0.29) is 5.56 Å². The minimum atomic E-state index is -2.62. The number of rotatable bonds is 3. The molecule has 0 aliphatic carbocycles. The van der Waals surface area contributed by atoms with Crippen molar-refractivity contribution in [2.45, 2.75) is 0 Å². The van der Waals surface area contributed by atoms with Gasteiger partial charge in [-0.2, -0.15) is 0 Å². The molecule has 0 heterocycles. The monoisotopic (exact) mass is 212 g/mol. The fraction of sp³-hybridized carbons (Fsp3) is 0. The smallest absolute Gasteiger partial charge is 0.262 e. The van der Waals surface area contributed by atoms with Crippen LogP contribution in [-0.2, 0) is 11.3 Å². The molecule has 0 saturated heterocycles. The summed E-state index contributed by atoms with van der Waals surface area (Å²) in [6.07, 6.45) is 0.632. The van der Waals surface area contributed by atoms with E-state index >= 15 is 0 Å². The van der Waals surface area contributed by atoms with Crippen LogP contribution in [0.15, 0.2) is 24.3 Å². The van der Waals surface area contributed by atoms with Crippen molar-refractivity contribution in [2.24, 2.45) is 0 Å². The van der Waals surface area contributed by atoms with Gasteiger partial charge >= 0.3 is 0 Å². The molecule has 0 saturated carbocycles. The summed E-state index contributed by atoms with van der Waals surface area (Å²) in [5.41, 5.74) is 0.601. The number of amides is 1. The lowest BCUT2D eigenvalue weighted by Gasteiger charge is -2.06. The summed E-state index contributed by atoms with van der Waals surface area (Å²) in [6.45, 7) is 0. The molecule has 1 N–H and O–H groups in total. The molecule has 1 rings (SSSR count). The normalized spacial score (nSPS) is 11.8. The Morgan fingerprint density at radius 2 is 1.93 bits per heavy atom. The van der Waals surface area contributed by atoms with E-state index in [1.54, 1.807) is 4.72 Å². The molecule has 0 bridgehead atoms. The third-order valence-electron chi connectivity index (χ3n) is 1.48. The standard InChI is InChI=1S/C8H7NO4S/c10-5-6-1-3-7(4-2-6)8(11)9-14(12)13/h1-5H,(H,9,11)(H,12,13)/p-1. The molecule has 1 amide bonds. The molecule has 1 atom stereocenters. The van der Waals surface area contributed by atoms with Gasteiger partial charge in [0, 0.05) is 22.4 Å². The third kappa shape index (κ3) is 2.75. The van der Waals surface area contributed by atoms with Crippen LogP contribution in [0.4, 0.5) is 0 Å². The molecule has 0 aliphatic rings. The second kappa shape index (κ2) is 4.64. The highest BCUT2D eigenvalue weighted by Crippen LogP contribution is 2.02. The Hall–Kier alpha value is -1.53. The molecule has 0 aliphatic heterocycles. The average Bonchev–Trinajstić information content (AvgIpc) is 2.17. The number of carbonyl (C=O) groups is 2. The van der Waals surface area contributed by atoms with E-state index in [0.717, 1.165) is 0 Å². The van der Waals surface area contributed by atoms with Gasteiger partial charge in [-0.3, -0.25) is 18.5 Å².